The number of hydrogen-bond acceptors (Lipinski definition) is 4. The van der Waals surface area contributed by atoms with Gasteiger partial charge in [-0.1, -0.05) is 36.0 Å². The fourth-order valence-electron chi connectivity index (χ4n) is 2.21. The highest BCUT2D eigenvalue weighted by Crippen LogP contribution is 2.16. The zero-order chi connectivity index (χ0) is 18.1. The minimum Gasteiger partial charge on any atom is -0.479 e. The highest BCUT2D eigenvalue weighted by molar-refractivity contribution is 8.22. The number of anilines is 1. The third kappa shape index (κ3) is 6.88. The van der Waals surface area contributed by atoms with Crippen molar-refractivity contribution < 1.29 is 9.30 Å². The summed E-state index contributed by atoms with van der Waals surface area (Å²) in [5.41, 5.74) is 3.59. The van der Waals surface area contributed by atoms with Crippen LogP contribution in [0, 0.1) is 0 Å². The molecule has 0 aliphatic rings. The molecule has 1 aromatic heterocycles. The first-order chi connectivity index (χ1) is 12.1. The Morgan fingerprint density at radius 3 is 2.32 bits per heavy atom. The van der Waals surface area contributed by atoms with Crippen molar-refractivity contribution >= 4 is 46.2 Å². The van der Waals surface area contributed by atoms with Crippen LogP contribution in [0.5, 0.6) is 0 Å². The maximum Gasteiger partial charge on any atom is 0.220 e. The number of aryl methyl sites for hydroxylation is 1. The van der Waals surface area contributed by atoms with Gasteiger partial charge in [-0.25, -0.2) is 4.57 Å². The maximum atomic E-state index is 5.28. The lowest BCUT2D eigenvalue weighted by Gasteiger charge is -2.19. The van der Waals surface area contributed by atoms with Crippen molar-refractivity contribution in [2.45, 2.75) is 6.92 Å². The van der Waals surface area contributed by atoms with Gasteiger partial charge in [0.2, 0.25) is 4.38 Å². The van der Waals surface area contributed by atoms with E-state index >= 15 is 0 Å². The molecule has 0 radical (unpaired) electrons. The molecule has 0 aliphatic carbocycles. The zero-order valence-corrected chi connectivity index (χ0v) is 16.6. The second-order valence-electron chi connectivity index (χ2n) is 5.67. The summed E-state index contributed by atoms with van der Waals surface area (Å²) in [5, 5.41) is 0. The second-order valence-corrected chi connectivity index (χ2v) is 7.37. The summed E-state index contributed by atoms with van der Waals surface area (Å²) in [7, 11) is 4.12. The van der Waals surface area contributed by atoms with Gasteiger partial charge >= 0.3 is 0 Å². The third-order valence-corrected chi connectivity index (χ3v) is 4.93. The summed E-state index contributed by atoms with van der Waals surface area (Å²) >= 11 is 6.72. The van der Waals surface area contributed by atoms with Gasteiger partial charge in [-0.05, 0) is 42.4 Å². The molecule has 0 aliphatic heterocycles. The molecule has 0 fully saturated rings. The Morgan fingerprint density at radius 2 is 1.72 bits per heavy atom. The summed E-state index contributed by atoms with van der Waals surface area (Å²) < 4.78 is 7.94. The maximum absolute atomic E-state index is 5.28. The van der Waals surface area contributed by atoms with Gasteiger partial charge in [-0.2, -0.15) is 0 Å². The zero-order valence-electron chi connectivity index (χ0n) is 15.0. The van der Waals surface area contributed by atoms with Crippen molar-refractivity contribution in [3.63, 3.8) is 0 Å². The molecule has 3 nitrogen and oxygen atoms in total. The smallest absolute Gasteiger partial charge is 0.220 e. The molecule has 2 aromatic rings. The summed E-state index contributed by atoms with van der Waals surface area (Å²) in [6.45, 7) is 3.51. The minimum absolute atomic E-state index is 0.630. The predicted octanol–water partition coefficient (Wildman–Crippen LogP) is 4.17. The van der Waals surface area contributed by atoms with Crippen molar-refractivity contribution in [2.75, 3.05) is 30.9 Å². The van der Waals surface area contributed by atoms with E-state index in [0.717, 1.165) is 12.3 Å². The van der Waals surface area contributed by atoms with Crippen LogP contribution in [0.25, 0.3) is 12.2 Å². The standard InChI is InChI=1S/C20H25N2OS2/c1-4-23-20(24)25-16-15-22(3)19-9-7-17(8-10-19)5-6-18-11-13-21(2)14-12-18/h5-14H,4,15-16H2,1-3H3/q+1. The lowest BCUT2D eigenvalue weighted by Crippen LogP contribution is -2.25. The lowest BCUT2D eigenvalue weighted by molar-refractivity contribution is -0.671. The quantitative estimate of drug-likeness (QED) is 0.535. The van der Waals surface area contributed by atoms with Crippen LogP contribution in [-0.4, -0.2) is 30.3 Å². The first kappa shape index (κ1) is 19.5. The first-order valence-electron chi connectivity index (χ1n) is 8.32. The van der Waals surface area contributed by atoms with Gasteiger partial charge in [0.25, 0.3) is 0 Å². The van der Waals surface area contributed by atoms with Crippen LogP contribution < -0.4 is 9.47 Å². The normalized spacial score (nSPS) is 10.8. The van der Waals surface area contributed by atoms with E-state index in [2.05, 4.69) is 60.5 Å². The van der Waals surface area contributed by atoms with Crippen LogP contribution in [0.3, 0.4) is 0 Å². The molecule has 1 aromatic carbocycles. The van der Waals surface area contributed by atoms with E-state index in [-0.39, 0.29) is 0 Å². The molecular weight excluding hydrogens is 348 g/mol. The molecule has 2 rings (SSSR count). The molecule has 0 amide bonds. The Labute approximate surface area is 160 Å². The van der Waals surface area contributed by atoms with E-state index in [1.165, 1.54) is 16.8 Å². The molecule has 0 N–H and O–H groups in total. The van der Waals surface area contributed by atoms with Crippen LogP contribution in [0.1, 0.15) is 18.1 Å². The van der Waals surface area contributed by atoms with E-state index in [1.807, 2.05) is 30.9 Å². The Hall–Kier alpha value is -1.85. The average molecular weight is 374 g/mol. The van der Waals surface area contributed by atoms with Gasteiger partial charge in [0.15, 0.2) is 12.4 Å². The van der Waals surface area contributed by atoms with Crippen molar-refractivity contribution in [1.82, 2.24) is 0 Å². The molecule has 0 atom stereocenters. The summed E-state index contributed by atoms with van der Waals surface area (Å²) in [6, 6.07) is 12.8. The highest BCUT2D eigenvalue weighted by atomic mass is 32.2. The Balaban J connectivity index is 1.86. The number of ether oxygens (including phenoxy) is 1. The molecule has 0 saturated heterocycles. The fraction of sp³-hybridized carbons (Fsp3) is 0.300. The number of hydrogen-bond donors (Lipinski definition) is 0. The number of thioether (sulfide) groups is 1. The molecule has 25 heavy (non-hydrogen) atoms. The van der Waals surface area contributed by atoms with Crippen LogP contribution >= 0.6 is 24.0 Å². The van der Waals surface area contributed by atoms with E-state index in [9.17, 15) is 0 Å². The molecular formula is C20H25N2OS2+. The monoisotopic (exact) mass is 373 g/mol. The van der Waals surface area contributed by atoms with Gasteiger partial charge in [-0.15, -0.1) is 0 Å². The Morgan fingerprint density at radius 1 is 1.12 bits per heavy atom. The van der Waals surface area contributed by atoms with Gasteiger partial charge in [0.1, 0.15) is 7.05 Å². The average Bonchev–Trinajstić information content (AvgIpc) is 2.62. The third-order valence-electron chi connectivity index (χ3n) is 3.72. The number of nitrogens with zero attached hydrogens (tertiary/aromatic N) is 2. The SMILES string of the molecule is CCOC(=S)SCCN(C)c1ccc(/C=C/c2cc[n+](C)cc2)cc1. The van der Waals surface area contributed by atoms with Crippen molar-refractivity contribution in [2.24, 2.45) is 7.05 Å². The number of aromatic nitrogens is 1. The lowest BCUT2D eigenvalue weighted by atomic mass is 10.1. The first-order valence-corrected chi connectivity index (χ1v) is 9.72. The van der Waals surface area contributed by atoms with Gasteiger partial charge < -0.3 is 9.64 Å². The largest absolute Gasteiger partial charge is 0.479 e. The molecule has 0 spiro atoms. The van der Waals surface area contributed by atoms with Crippen LogP contribution in [-0.2, 0) is 11.8 Å². The molecule has 5 heteroatoms. The highest BCUT2D eigenvalue weighted by Gasteiger charge is 2.03. The number of thiocarbonyl (C=S) groups is 1. The number of benzene rings is 1. The van der Waals surface area contributed by atoms with E-state index in [1.54, 1.807) is 11.8 Å². The van der Waals surface area contributed by atoms with Crippen LogP contribution in [0.2, 0.25) is 0 Å². The van der Waals surface area contributed by atoms with Crippen molar-refractivity contribution in [3.05, 3.63) is 59.9 Å². The molecule has 0 saturated carbocycles. The topological polar surface area (TPSA) is 16.4 Å². The van der Waals surface area contributed by atoms with Crippen molar-refractivity contribution in [1.29, 1.82) is 0 Å². The van der Waals surface area contributed by atoms with Crippen LogP contribution in [0.15, 0.2) is 48.8 Å². The Bertz CT molecular complexity index is 697. The summed E-state index contributed by atoms with van der Waals surface area (Å²) in [6.07, 6.45) is 8.36. The fourth-order valence-corrected chi connectivity index (χ4v) is 3.31. The second kappa shape index (κ2) is 10.2. The molecule has 0 unspecified atom stereocenters. The van der Waals surface area contributed by atoms with E-state index < -0.39 is 0 Å². The van der Waals surface area contributed by atoms with E-state index in [4.69, 9.17) is 17.0 Å². The van der Waals surface area contributed by atoms with Gasteiger partial charge in [0.05, 0.1) is 6.61 Å². The number of pyridine rings is 1. The molecule has 0 bridgehead atoms. The predicted molar refractivity (Wildman–Crippen MR) is 113 cm³/mol. The minimum atomic E-state index is 0.630. The number of rotatable bonds is 7. The van der Waals surface area contributed by atoms with Crippen LogP contribution in [0.4, 0.5) is 5.69 Å². The summed E-state index contributed by atoms with van der Waals surface area (Å²) in [5.74, 6) is 0.919. The van der Waals surface area contributed by atoms with Gasteiger partial charge in [-0.3, -0.25) is 0 Å². The molecule has 132 valence electrons. The van der Waals surface area contributed by atoms with Gasteiger partial charge in [0, 0.05) is 37.2 Å². The molecule has 1 heterocycles. The van der Waals surface area contributed by atoms with Crippen molar-refractivity contribution in [3.8, 4) is 0 Å². The van der Waals surface area contributed by atoms with E-state index in [0.29, 0.717) is 11.0 Å². The summed E-state index contributed by atoms with van der Waals surface area (Å²) in [4.78, 5) is 2.23. The Kier molecular flexibility index (Phi) is 7.95.